The first kappa shape index (κ1) is 15.2. The summed E-state index contributed by atoms with van der Waals surface area (Å²) in [4.78, 5) is 21.1. The summed E-state index contributed by atoms with van der Waals surface area (Å²) in [6.45, 7) is 0. The largest absolute Gasteiger partial charge is 0.285 e. The number of sulfone groups is 1. The van der Waals surface area contributed by atoms with E-state index < -0.39 is 9.84 Å². The van der Waals surface area contributed by atoms with Gasteiger partial charge in [-0.25, -0.2) is 18.4 Å². The van der Waals surface area contributed by atoms with Gasteiger partial charge in [0.25, 0.3) is 0 Å². The SMILES string of the molecule is O=C(c1ccc2c(c1)-c1ccccc1S2(=O)=O)c1nccc(Br)n1. The van der Waals surface area contributed by atoms with Gasteiger partial charge >= 0.3 is 0 Å². The van der Waals surface area contributed by atoms with Gasteiger partial charge in [0.1, 0.15) is 4.60 Å². The summed E-state index contributed by atoms with van der Waals surface area (Å²) in [6, 6.07) is 12.9. The number of nitrogens with zero attached hydrogens (tertiary/aromatic N) is 2. The Bertz CT molecular complexity index is 1110. The highest BCUT2D eigenvalue weighted by atomic mass is 79.9. The molecule has 1 aliphatic rings. The van der Waals surface area contributed by atoms with E-state index in [4.69, 9.17) is 0 Å². The Morgan fingerprint density at radius 3 is 2.50 bits per heavy atom. The second kappa shape index (κ2) is 5.32. The van der Waals surface area contributed by atoms with Gasteiger partial charge in [0.15, 0.2) is 0 Å². The lowest BCUT2D eigenvalue weighted by Crippen LogP contribution is -2.07. The van der Waals surface area contributed by atoms with Gasteiger partial charge in [-0.2, -0.15) is 0 Å². The molecule has 4 rings (SSSR count). The lowest BCUT2D eigenvalue weighted by Gasteiger charge is -2.04. The summed E-state index contributed by atoms with van der Waals surface area (Å²) in [5, 5.41) is 0. The molecule has 7 heteroatoms. The lowest BCUT2D eigenvalue weighted by atomic mass is 10.0. The van der Waals surface area contributed by atoms with E-state index in [0.717, 1.165) is 0 Å². The van der Waals surface area contributed by atoms with Crippen molar-refractivity contribution in [2.24, 2.45) is 0 Å². The molecule has 1 aromatic heterocycles. The van der Waals surface area contributed by atoms with Crippen LogP contribution in [0.1, 0.15) is 16.2 Å². The highest BCUT2D eigenvalue weighted by molar-refractivity contribution is 9.10. The monoisotopic (exact) mass is 400 g/mol. The Labute approximate surface area is 146 Å². The van der Waals surface area contributed by atoms with Crippen molar-refractivity contribution in [3.05, 3.63) is 70.7 Å². The topological polar surface area (TPSA) is 77.0 Å². The first-order chi connectivity index (χ1) is 11.5. The standard InChI is InChI=1S/C17H9BrN2O3S/c18-15-7-8-19-17(20-15)16(21)10-5-6-14-12(9-10)11-3-1-2-4-13(11)24(14,22)23/h1-9H. The van der Waals surface area contributed by atoms with Crippen LogP contribution in [0.4, 0.5) is 0 Å². The van der Waals surface area contributed by atoms with Gasteiger partial charge in [0, 0.05) is 22.9 Å². The van der Waals surface area contributed by atoms with Crippen molar-refractivity contribution < 1.29 is 13.2 Å². The van der Waals surface area contributed by atoms with Crippen LogP contribution in [0.15, 0.2) is 69.1 Å². The number of carbonyl (C=O) groups excluding carboxylic acids is 1. The molecule has 0 aliphatic carbocycles. The van der Waals surface area contributed by atoms with E-state index in [1.165, 1.54) is 18.3 Å². The Morgan fingerprint density at radius 1 is 0.958 bits per heavy atom. The zero-order valence-corrected chi connectivity index (χ0v) is 14.5. The normalized spacial score (nSPS) is 14.0. The van der Waals surface area contributed by atoms with E-state index in [-0.39, 0.29) is 21.4 Å². The Morgan fingerprint density at radius 2 is 1.71 bits per heavy atom. The van der Waals surface area contributed by atoms with Gasteiger partial charge in [-0.05, 0) is 46.3 Å². The van der Waals surface area contributed by atoms with Crippen molar-refractivity contribution in [3.63, 3.8) is 0 Å². The molecule has 2 heterocycles. The molecule has 1 aliphatic heterocycles. The minimum absolute atomic E-state index is 0.0541. The average molecular weight is 401 g/mol. The van der Waals surface area contributed by atoms with Crippen LogP contribution in [-0.2, 0) is 9.84 Å². The molecule has 0 fully saturated rings. The van der Waals surface area contributed by atoms with Crippen molar-refractivity contribution in [3.8, 4) is 11.1 Å². The fourth-order valence-corrected chi connectivity index (χ4v) is 4.69. The van der Waals surface area contributed by atoms with Gasteiger partial charge in [0.05, 0.1) is 9.79 Å². The molecule has 0 amide bonds. The minimum Gasteiger partial charge on any atom is -0.285 e. The third kappa shape index (κ3) is 2.20. The number of hydrogen-bond donors (Lipinski definition) is 0. The van der Waals surface area contributed by atoms with Crippen LogP contribution in [-0.4, -0.2) is 24.2 Å². The first-order valence-corrected chi connectivity index (χ1v) is 9.28. The van der Waals surface area contributed by atoms with Crippen molar-refractivity contribution in [2.45, 2.75) is 9.79 Å². The van der Waals surface area contributed by atoms with Gasteiger partial charge in [-0.15, -0.1) is 0 Å². The Balaban J connectivity index is 1.88. The second-order valence-electron chi connectivity index (χ2n) is 5.24. The van der Waals surface area contributed by atoms with Crippen LogP contribution in [0, 0.1) is 0 Å². The molecule has 0 unspecified atom stereocenters. The van der Waals surface area contributed by atoms with Gasteiger partial charge in [0.2, 0.25) is 21.4 Å². The number of aromatic nitrogens is 2. The van der Waals surface area contributed by atoms with Crippen molar-refractivity contribution in [2.75, 3.05) is 0 Å². The summed E-state index contributed by atoms with van der Waals surface area (Å²) >= 11 is 3.21. The van der Waals surface area contributed by atoms with Gasteiger partial charge < -0.3 is 0 Å². The summed E-state index contributed by atoms with van der Waals surface area (Å²) in [6.07, 6.45) is 1.48. The van der Waals surface area contributed by atoms with E-state index in [1.54, 1.807) is 36.4 Å². The van der Waals surface area contributed by atoms with Crippen LogP contribution < -0.4 is 0 Å². The number of hydrogen-bond acceptors (Lipinski definition) is 5. The maximum absolute atomic E-state index is 12.6. The average Bonchev–Trinajstić information content (AvgIpc) is 2.82. The summed E-state index contributed by atoms with van der Waals surface area (Å²) in [7, 11) is -3.53. The van der Waals surface area contributed by atoms with E-state index in [0.29, 0.717) is 21.3 Å². The second-order valence-corrected chi connectivity index (χ2v) is 7.94. The first-order valence-electron chi connectivity index (χ1n) is 7.00. The maximum Gasteiger partial charge on any atom is 0.230 e. The van der Waals surface area contributed by atoms with E-state index in [9.17, 15) is 13.2 Å². The van der Waals surface area contributed by atoms with Crippen LogP contribution in [0.5, 0.6) is 0 Å². The van der Waals surface area contributed by atoms with E-state index in [2.05, 4.69) is 25.9 Å². The van der Waals surface area contributed by atoms with Gasteiger partial charge in [-0.3, -0.25) is 4.79 Å². The molecule has 0 radical (unpaired) electrons. The molecular weight excluding hydrogens is 392 g/mol. The molecule has 0 spiro atoms. The quantitative estimate of drug-likeness (QED) is 0.381. The number of ketones is 1. The van der Waals surface area contributed by atoms with Crippen LogP contribution in [0.2, 0.25) is 0 Å². The molecule has 0 atom stereocenters. The molecule has 0 bridgehead atoms. The number of carbonyl (C=O) groups is 1. The van der Waals surface area contributed by atoms with Crippen molar-refractivity contribution in [1.29, 1.82) is 0 Å². The molecular formula is C17H9BrN2O3S. The third-order valence-corrected chi connectivity index (χ3v) is 6.13. The molecule has 5 nitrogen and oxygen atoms in total. The zero-order valence-electron chi connectivity index (χ0n) is 12.1. The summed E-state index contributed by atoms with van der Waals surface area (Å²) in [5.41, 5.74) is 1.49. The molecule has 24 heavy (non-hydrogen) atoms. The number of halogens is 1. The van der Waals surface area contributed by atoms with Crippen molar-refractivity contribution in [1.82, 2.24) is 9.97 Å². The number of fused-ring (bicyclic) bond motifs is 3. The van der Waals surface area contributed by atoms with Crippen LogP contribution >= 0.6 is 15.9 Å². The maximum atomic E-state index is 12.6. The zero-order chi connectivity index (χ0) is 16.9. The number of benzene rings is 2. The predicted molar refractivity (Wildman–Crippen MR) is 90.5 cm³/mol. The Kier molecular flexibility index (Phi) is 3.36. The minimum atomic E-state index is -3.53. The van der Waals surface area contributed by atoms with Gasteiger partial charge in [-0.1, -0.05) is 18.2 Å². The molecule has 0 saturated heterocycles. The molecule has 0 saturated carbocycles. The van der Waals surface area contributed by atoms with Crippen molar-refractivity contribution >= 4 is 31.6 Å². The van der Waals surface area contributed by atoms with E-state index in [1.807, 2.05) is 0 Å². The van der Waals surface area contributed by atoms with E-state index >= 15 is 0 Å². The highest BCUT2D eigenvalue weighted by Gasteiger charge is 2.33. The molecule has 2 aromatic carbocycles. The Hall–Kier alpha value is -2.38. The highest BCUT2D eigenvalue weighted by Crippen LogP contribution is 2.43. The lowest BCUT2D eigenvalue weighted by molar-refractivity contribution is 0.102. The molecule has 3 aromatic rings. The smallest absolute Gasteiger partial charge is 0.230 e. The summed E-state index contributed by atoms with van der Waals surface area (Å²) in [5.74, 6) is -0.306. The molecule has 118 valence electrons. The molecule has 0 N–H and O–H groups in total. The number of rotatable bonds is 2. The summed E-state index contributed by atoms with van der Waals surface area (Å²) < 4.78 is 25.6. The fraction of sp³-hybridized carbons (Fsp3) is 0. The predicted octanol–water partition coefficient (Wildman–Crippen LogP) is 3.28. The van der Waals surface area contributed by atoms with Crippen LogP contribution in [0.3, 0.4) is 0 Å². The third-order valence-electron chi connectivity index (χ3n) is 3.82. The van der Waals surface area contributed by atoms with Crippen LogP contribution in [0.25, 0.3) is 11.1 Å². The fourth-order valence-electron chi connectivity index (χ4n) is 2.73.